The molecular formula is C34H48Br2N4O4. The molecule has 8 nitrogen and oxygen atoms in total. The fourth-order valence-corrected chi connectivity index (χ4v) is 6.29. The summed E-state index contributed by atoms with van der Waals surface area (Å²) in [5.41, 5.74) is 1.03. The van der Waals surface area contributed by atoms with E-state index < -0.39 is 0 Å². The summed E-state index contributed by atoms with van der Waals surface area (Å²) < 4.78 is 7.21. The molecule has 0 unspecified atom stereocenters. The standard InChI is InChI=1S/C34H48N4O4.2BrH/c1-34(2,25-36-32(39)28-17-13-15-27-16-14-18-29(31(27)28)33(36)40)26-38(5,6)22-10-8-7-9-20-37(3,4)21-11-12-23-41-30-19-24-42-35-30;;/h13-18H,7-10,19-26H2,1-6H3;2*1H/q+2;;/p-2. The SMILES string of the molecule is CC(C)(CN1C(=O)c2cccc3cccc(c23)C1=O)C[N+](C)(C)CCCCCC[N+](C)(C)CC#CCOC1=NOCC1.[Br-].[Br-]. The number of amides is 2. The van der Waals surface area contributed by atoms with Crippen LogP contribution < -0.4 is 34.0 Å². The van der Waals surface area contributed by atoms with Crippen molar-refractivity contribution in [2.75, 3.05) is 74.1 Å². The van der Waals surface area contributed by atoms with Gasteiger partial charge in [-0.2, -0.15) is 0 Å². The number of imide groups is 1. The molecule has 2 heterocycles. The van der Waals surface area contributed by atoms with Gasteiger partial charge in [0.1, 0.15) is 13.2 Å². The molecule has 4 rings (SSSR count). The van der Waals surface area contributed by atoms with Gasteiger partial charge >= 0.3 is 0 Å². The summed E-state index contributed by atoms with van der Waals surface area (Å²) in [6.45, 7) is 9.53. The molecule has 0 N–H and O–H groups in total. The fraction of sp³-hybridized carbons (Fsp3) is 0.559. The monoisotopic (exact) mass is 734 g/mol. The van der Waals surface area contributed by atoms with E-state index in [1.165, 1.54) is 24.2 Å². The number of hydrogen-bond acceptors (Lipinski definition) is 5. The molecule has 0 bridgehead atoms. The number of quaternary nitrogens is 2. The molecule has 0 spiro atoms. The Morgan fingerprint density at radius 3 is 2.05 bits per heavy atom. The van der Waals surface area contributed by atoms with Crippen LogP contribution in [0.2, 0.25) is 0 Å². The van der Waals surface area contributed by atoms with Gasteiger partial charge in [0, 0.05) is 28.5 Å². The largest absolute Gasteiger partial charge is 1.00 e. The lowest BCUT2D eigenvalue weighted by atomic mass is 9.88. The van der Waals surface area contributed by atoms with Crippen molar-refractivity contribution < 1.29 is 62.1 Å². The van der Waals surface area contributed by atoms with Crippen molar-refractivity contribution in [3.8, 4) is 11.8 Å². The Hall–Kier alpha value is -2.45. The molecule has 10 heteroatoms. The molecule has 2 aliphatic rings. The molecular weight excluding hydrogens is 688 g/mol. The van der Waals surface area contributed by atoms with Gasteiger partial charge in [0.25, 0.3) is 11.8 Å². The second kappa shape index (κ2) is 16.2. The van der Waals surface area contributed by atoms with Crippen LogP contribution >= 0.6 is 0 Å². The van der Waals surface area contributed by atoms with Gasteiger partial charge in [0.15, 0.2) is 6.61 Å². The van der Waals surface area contributed by atoms with Crippen molar-refractivity contribution in [3.63, 3.8) is 0 Å². The van der Waals surface area contributed by atoms with Crippen molar-refractivity contribution in [2.45, 2.75) is 46.0 Å². The van der Waals surface area contributed by atoms with Gasteiger partial charge in [0.05, 0.1) is 54.2 Å². The second-order valence-corrected chi connectivity index (χ2v) is 13.8. The van der Waals surface area contributed by atoms with E-state index in [0.717, 1.165) is 58.8 Å². The average molecular weight is 737 g/mol. The molecule has 0 atom stereocenters. The molecule has 2 aromatic carbocycles. The Balaban J connectivity index is 0.00000337. The summed E-state index contributed by atoms with van der Waals surface area (Å²) >= 11 is 0. The quantitative estimate of drug-likeness (QED) is 0.114. The van der Waals surface area contributed by atoms with Crippen LogP contribution in [0.1, 0.15) is 66.7 Å². The first-order chi connectivity index (χ1) is 19.9. The van der Waals surface area contributed by atoms with Crippen LogP contribution in [-0.2, 0) is 9.57 Å². The van der Waals surface area contributed by atoms with Crippen molar-refractivity contribution >= 4 is 28.5 Å². The average Bonchev–Trinajstić information content (AvgIpc) is 3.44. The zero-order valence-electron chi connectivity index (χ0n) is 27.1. The number of oxime groups is 1. The summed E-state index contributed by atoms with van der Waals surface area (Å²) in [7, 11) is 8.96. The van der Waals surface area contributed by atoms with Gasteiger partial charge in [-0.1, -0.05) is 49.2 Å². The molecule has 44 heavy (non-hydrogen) atoms. The lowest BCUT2D eigenvalue weighted by Crippen LogP contribution is -3.00. The zero-order valence-corrected chi connectivity index (χ0v) is 30.3. The highest BCUT2D eigenvalue weighted by Gasteiger charge is 2.38. The van der Waals surface area contributed by atoms with E-state index in [1.807, 2.05) is 36.4 Å². The number of carbonyl (C=O) groups excluding carboxylic acids is 2. The van der Waals surface area contributed by atoms with Crippen LogP contribution in [0.5, 0.6) is 0 Å². The molecule has 2 aromatic rings. The van der Waals surface area contributed by atoms with E-state index in [2.05, 4.69) is 59.0 Å². The molecule has 0 saturated carbocycles. The first kappa shape index (κ1) is 37.7. The third-order valence-electron chi connectivity index (χ3n) is 8.09. The minimum absolute atomic E-state index is 0. The van der Waals surface area contributed by atoms with Gasteiger partial charge in [-0.05, 0) is 49.1 Å². The molecule has 0 saturated heterocycles. The van der Waals surface area contributed by atoms with Crippen LogP contribution in [0.4, 0.5) is 0 Å². The molecule has 0 aliphatic carbocycles. The number of halogens is 2. The summed E-state index contributed by atoms with van der Waals surface area (Å²) in [5.74, 6) is 6.60. The Kier molecular flexibility index (Phi) is 13.9. The molecule has 2 aliphatic heterocycles. The maximum absolute atomic E-state index is 13.4. The van der Waals surface area contributed by atoms with E-state index in [-0.39, 0.29) is 51.2 Å². The van der Waals surface area contributed by atoms with E-state index in [1.54, 1.807) is 0 Å². The smallest absolute Gasteiger partial charge is 0.261 e. The van der Waals surface area contributed by atoms with Crippen LogP contribution in [0, 0.1) is 17.3 Å². The maximum atomic E-state index is 13.4. The Bertz CT molecular complexity index is 1340. The predicted molar refractivity (Wildman–Crippen MR) is 167 cm³/mol. The third-order valence-corrected chi connectivity index (χ3v) is 8.09. The minimum atomic E-state index is -0.221. The lowest BCUT2D eigenvalue weighted by Gasteiger charge is -2.40. The van der Waals surface area contributed by atoms with Crippen LogP contribution in [0.3, 0.4) is 0 Å². The lowest BCUT2D eigenvalue weighted by molar-refractivity contribution is -0.896. The normalized spacial score (nSPS) is 14.7. The van der Waals surface area contributed by atoms with Gasteiger partial charge in [-0.25, -0.2) is 0 Å². The minimum Gasteiger partial charge on any atom is -1.00 e. The number of unbranched alkanes of at least 4 members (excludes halogenated alkanes) is 3. The van der Waals surface area contributed by atoms with Crippen molar-refractivity contribution in [3.05, 3.63) is 47.5 Å². The number of ether oxygens (including phenoxy) is 1. The summed E-state index contributed by atoms with van der Waals surface area (Å²) in [6, 6.07) is 11.4. The molecule has 242 valence electrons. The van der Waals surface area contributed by atoms with E-state index in [4.69, 9.17) is 9.57 Å². The summed E-state index contributed by atoms with van der Waals surface area (Å²) in [4.78, 5) is 33.2. The van der Waals surface area contributed by atoms with Crippen molar-refractivity contribution in [2.24, 2.45) is 10.6 Å². The third kappa shape index (κ3) is 10.3. The van der Waals surface area contributed by atoms with Gasteiger partial charge < -0.3 is 52.5 Å². The molecule has 0 fully saturated rings. The van der Waals surface area contributed by atoms with E-state index in [9.17, 15) is 9.59 Å². The van der Waals surface area contributed by atoms with Crippen LogP contribution in [0.25, 0.3) is 10.8 Å². The summed E-state index contributed by atoms with van der Waals surface area (Å²) in [5, 5.41) is 5.54. The second-order valence-electron chi connectivity index (χ2n) is 13.8. The van der Waals surface area contributed by atoms with Gasteiger partial charge in [-0.3, -0.25) is 14.5 Å². The Morgan fingerprint density at radius 2 is 1.48 bits per heavy atom. The molecule has 0 aromatic heterocycles. The number of rotatable bonds is 13. The first-order valence-electron chi connectivity index (χ1n) is 15.2. The maximum Gasteiger partial charge on any atom is 0.261 e. The molecule has 0 radical (unpaired) electrons. The fourth-order valence-electron chi connectivity index (χ4n) is 6.29. The number of carbonyl (C=O) groups is 2. The zero-order chi connectivity index (χ0) is 30.4. The highest BCUT2D eigenvalue weighted by atomic mass is 79.9. The van der Waals surface area contributed by atoms with Crippen molar-refractivity contribution in [1.82, 2.24) is 4.90 Å². The van der Waals surface area contributed by atoms with Crippen LogP contribution in [0.15, 0.2) is 41.6 Å². The highest BCUT2D eigenvalue weighted by Crippen LogP contribution is 2.32. The molecule has 2 amide bonds. The predicted octanol–water partition coefficient (Wildman–Crippen LogP) is -1.06. The Labute approximate surface area is 284 Å². The van der Waals surface area contributed by atoms with Crippen molar-refractivity contribution in [1.29, 1.82) is 0 Å². The summed E-state index contributed by atoms with van der Waals surface area (Å²) in [6.07, 6.45) is 5.44. The highest BCUT2D eigenvalue weighted by molar-refractivity contribution is 6.25. The van der Waals surface area contributed by atoms with Crippen LogP contribution in [-0.4, -0.2) is 106 Å². The number of benzene rings is 2. The number of hydrogen-bond donors (Lipinski definition) is 0. The van der Waals surface area contributed by atoms with E-state index >= 15 is 0 Å². The van der Waals surface area contributed by atoms with E-state index in [0.29, 0.717) is 36.8 Å². The topological polar surface area (TPSA) is 68.2 Å². The van der Waals surface area contributed by atoms with Gasteiger partial charge in [0.2, 0.25) is 5.90 Å². The Morgan fingerprint density at radius 1 is 0.886 bits per heavy atom. The first-order valence-corrected chi connectivity index (χ1v) is 15.2. The van der Waals surface area contributed by atoms with Gasteiger partial charge in [-0.15, -0.1) is 0 Å². The number of nitrogens with zero attached hydrogens (tertiary/aromatic N) is 4.